The lowest BCUT2D eigenvalue weighted by molar-refractivity contribution is 0.0951. The first-order valence-corrected chi connectivity index (χ1v) is 8.88. The molecular formula is C17H17N3O4S. The molecule has 0 radical (unpaired) electrons. The zero-order chi connectivity index (χ0) is 18.4. The summed E-state index contributed by atoms with van der Waals surface area (Å²) < 4.78 is 27.5. The van der Waals surface area contributed by atoms with Crippen LogP contribution in [0.25, 0.3) is 0 Å². The predicted octanol–water partition coefficient (Wildman–Crippen LogP) is 1.19. The number of sulfonamides is 1. The summed E-state index contributed by atoms with van der Waals surface area (Å²) in [5, 5.41) is 16.7. The Kier molecular flexibility index (Phi) is 5.75. The molecule has 2 aromatic carbocycles. The second kappa shape index (κ2) is 7.79. The summed E-state index contributed by atoms with van der Waals surface area (Å²) in [5.41, 5.74) is 1.50. The maximum atomic E-state index is 12.3. The summed E-state index contributed by atoms with van der Waals surface area (Å²) in [7, 11) is -2.26. The van der Waals surface area contributed by atoms with Crippen LogP contribution in [0.1, 0.15) is 21.5 Å². The van der Waals surface area contributed by atoms with Gasteiger partial charge in [0, 0.05) is 6.54 Å². The first kappa shape index (κ1) is 18.4. The van der Waals surface area contributed by atoms with Gasteiger partial charge in [0.05, 0.1) is 29.2 Å². The summed E-state index contributed by atoms with van der Waals surface area (Å²) in [4.78, 5) is 12.3. The molecule has 0 atom stereocenters. The van der Waals surface area contributed by atoms with Gasteiger partial charge in [-0.3, -0.25) is 4.79 Å². The van der Waals surface area contributed by atoms with Crippen molar-refractivity contribution in [1.29, 1.82) is 5.26 Å². The van der Waals surface area contributed by atoms with E-state index in [1.54, 1.807) is 24.3 Å². The fourth-order valence-electron chi connectivity index (χ4n) is 2.22. The van der Waals surface area contributed by atoms with Crippen molar-refractivity contribution >= 4 is 15.9 Å². The minimum Gasteiger partial charge on any atom is -0.496 e. The lowest BCUT2D eigenvalue weighted by atomic mass is 10.1. The zero-order valence-corrected chi connectivity index (χ0v) is 14.3. The van der Waals surface area contributed by atoms with E-state index in [1.807, 2.05) is 6.07 Å². The Balaban J connectivity index is 2.00. The van der Waals surface area contributed by atoms with Gasteiger partial charge in [0.1, 0.15) is 5.75 Å². The van der Waals surface area contributed by atoms with Crippen LogP contribution < -0.4 is 15.2 Å². The number of hydrogen-bond donors (Lipinski definition) is 2. The van der Waals surface area contributed by atoms with Crippen molar-refractivity contribution in [2.24, 2.45) is 5.14 Å². The number of methoxy groups -OCH3 is 1. The molecule has 0 saturated carbocycles. The van der Waals surface area contributed by atoms with Gasteiger partial charge in [0.25, 0.3) is 5.91 Å². The molecule has 0 spiro atoms. The van der Waals surface area contributed by atoms with Crippen molar-refractivity contribution in [3.8, 4) is 11.8 Å². The zero-order valence-electron chi connectivity index (χ0n) is 13.5. The molecule has 2 rings (SSSR count). The molecule has 0 fully saturated rings. The smallest absolute Gasteiger partial charge is 0.255 e. The molecule has 3 N–H and O–H groups in total. The van der Waals surface area contributed by atoms with Crippen LogP contribution in [0, 0.1) is 11.3 Å². The van der Waals surface area contributed by atoms with E-state index in [0.29, 0.717) is 24.3 Å². The molecule has 0 heterocycles. The molecule has 7 nitrogen and oxygen atoms in total. The quantitative estimate of drug-likeness (QED) is 0.802. The highest BCUT2D eigenvalue weighted by atomic mass is 32.2. The van der Waals surface area contributed by atoms with E-state index in [0.717, 1.165) is 5.56 Å². The third kappa shape index (κ3) is 4.79. The van der Waals surface area contributed by atoms with Gasteiger partial charge in [0.2, 0.25) is 10.0 Å². The second-order valence-corrected chi connectivity index (χ2v) is 6.78. The van der Waals surface area contributed by atoms with Gasteiger partial charge in [-0.2, -0.15) is 5.26 Å². The summed E-state index contributed by atoms with van der Waals surface area (Å²) in [5.74, 6) is 0.0316. The van der Waals surface area contributed by atoms with Gasteiger partial charge in [-0.25, -0.2) is 13.6 Å². The minimum atomic E-state index is -3.71. The standard InChI is InChI=1S/C17H17N3O4S/c1-24-16-7-4-13(11-18)10-15(16)17(21)20-9-8-12-2-5-14(6-3-12)25(19,22)23/h2-7,10H,8-9H2,1H3,(H,20,21)(H2,19,22,23). The molecule has 0 aliphatic carbocycles. The number of hydrogen-bond acceptors (Lipinski definition) is 5. The highest BCUT2D eigenvalue weighted by Crippen LogP contribution is 2.19. The average molecular weight is 359 g/mol. The Hall–Kier alpha value is -2.89. The molecule has 0 bridgehead atoms. The molecule has 2 aromatic rings. The largest absolute Gasteiger partial charge is 0.496 e. The molecule has 25 heavy (non-hydrogen) atoms. The lowest BCUT2D eigenvalue weighted by Gasteiger charge is -2.10. The first-order chi connectivity index (χ1) is 11.8. The van der Waals surface area contributed by atoms with Crippen molar-refractivity contribution in [1.82, 2.24) is 5.32 Å². The van der Waals surface area contributed by atoms with Crippen LogP contribution in [0.5, 0.6) is 5.75 Å². The minimum absolute atomic E-state index is 0.0401. The van der Waals surface area contributed by atoms with Gasteiger partial charge in [-0.15, -0.1) is 0 Å². The van der Waals surface area contributed by atoms with Crippen LogP contribution in [0.3, 0.4) is 0 Å². The van der Waals surface area contributed by atoms with E-state index >= 15 is 0 Å². The van der Waals surface area contributed by atoms with Crippen molar-refractivity contribution in [2.75, 3.05) is 13.7 Å². The Morgan fingerprint density at radius 2 is 1.92 bits per heavy atom. The van der Waals surface area contributed by atoms with Gasteiger partial charge in [-0.1, -0.05) is 12.1 Å². The van der Waals surface area contributed by atoms with Crippen molar-refractivity contribution in [2.45, 2.75) is 11.3 Å². The molecule has 0 aliphatic heterocycles. The number of rotatable bonds is 6. The fraction of sp³-hybridized carbons (Fsp3) is 0.176. The van der Waals surface area contributed by atoms with E-state index < -0.39 is 10.0 Å². The molecule has 130 valence electrons. The molecule has 0 aliphatic rings. The maximum absolute atomic E-state index is 12.3. The summed E-state index contributed by atoms with van der Waals surface area (Å²) in [6.07, 6.45) is 0.511. The highest BCUT2D eigenvalue weighted by Gasteiger charge is 2.13. The number of nitriles is 1. The van der Waals surface area contributed by atoms with Crippen LogP contribution in [-0.4, -0.2) is 28.0 Å². The van der Waals surface area contributed by atoms with Crippen LogP contribution in [-0.2, 0) is 16.4 Å². The Morgan fingerprint density at radius 3 is 2.48 bits per heavy atom. The third-order valence-electron chi connectivity index (χ3n) is 3.52. The molecular weight excluding hydrogens is 342 g/mol. The molecule has 1 amide bonds. The van der Waals surface area contributed by atoms with E-state index in [-0.39, 0.29) is 16.4 Å². The van der Waals surface area contributed by atoms with Gasteiger partial charge in [-0.05, 0) is 42.3 Å². The molecule has 8 heteroatoms. The lowest BCUT2D eigenvalue weighted by Crippen LogP contribution is -2.26. The molecule has 0 aromatic heterocycles. The first-order valence-electron chi connectivity index (χ1n) is 7.33. The molecule has 0 saturated heterocycles. The van der Waals surface area contributed by atoms with E-state index in [9.17, 15) is 13.2 Å². The topological polar surface area (TPSA) is 122 Å². The predicted molar refractivity (Wildman–Crippen MR) is 91.6 cm³/mol. The van der Waals surface area contributed by atoms with Gasteiger partial charge in [0.15, 0.2) is 0 Å². The molecule has 0 unspecified atom stereocenters. The number of nitrogens with zero attached hydrogens (tertiary/aromatic N) is 1. The highest BCUT2D eigenvalue weighted by molar-refractivity contribution is 7.89. The number of ether oxygens (including phenoxy) is 1. The Bertz CT molecular complexity index is 916. The number of primary sulfonamides is 1. The number of benzene rings is 2. The monoisotopic (exact) mass is 359 g/mol. The average Bonchev–Trinajstić information content (AvgIpc) is 2.60. The normalized spacial score (nSPS) is 10.8. The SMILES string of the molecule is COc1ccc(C#N)cc1C(=O)NCCc1ccc(S(N)(=O)=O)cc1. The van der Waals surface area contributed by atoms with Crippen molar-refractivity contribution in [3.63, 3.8) is 0 Å². The van der Waals surface area contributed by atoms with E-state index in [1.165, 1.54) is 25.3 Å². The Morgan fingerprint density at radius 1 is 1.24 bits per heavy atom. The van der Waals surface area contributed by atoms with Gasteiger partial charge >= 0.3 is 0 Å². The Labute approximate surface area is 146 Å². The number of nitrogens with one attached hydrogen (secondary N) is 1. The summed E-state index contributed by atoms with van der Waals surface area (Å²) in [6, 6.07) is 12.7. The third-order valence-corrected chi connectivity index (χ3v) is 4.45. The van der Waals surface area contributed by atoms with Crippen LogP contribution in [0.2, 0.25) is 0 Å². The maximum Gasteiger partial charge on any atom is 0.255 e. The van der Waals surface area contributed by atoms with Crippen molar-refractivity contribution < 1.29 is 17.9 Å². The van der Waals surface area contributed by atoms with Crippen LogP contribution in [0.15, 0.2) is 47.4 Å². The number of amides is 1. The van der Waals surface area contributed by atoms with E-state index in [4.69, 9.17) is 15.1 Å². The summed E-state index contributed by atoms with van der Waals surface area (Å²) >= 11 is 0. The van der Waals surface area contributed by atoms with Gasteiger partial charge < -0.3 is 10.1 Å². The summed E-state index contributed by atoms with van der Waals surface area (Å²) in [6.45, 7) is 0.341. The fourth-order valence-corrected chi connectivity index (χ4v) is 2.73. The number of nitrogens with two attached hydrogens (primary N) is 1. The number of carbonyl (C=O) groups is 1. The van der Waals surface area contributed by atoms with Crippen molar-refractivity contribution in [3.05, 3.63) is 59.2 Å². The van der Waals surface area contributed by atoms with Crippen LogP contribution >= 0.6 is 0 Å². The van der Waals surface area contributed by atoms with E-state index in [2.05, 4.69) is 5.32 Å². The van der Waals surface area contributed by atoms with Crippen LogP contribution in [0.4, 0.5) is 0 Å². The second-order valence-electron chi connectivity index (χ2n) is 5.22. The number of carbonyl (C=O) groups excluding carboxylic acids is 1.